The number of amides is 1. The van der Waals surface area contributed by atoms with E-state index in [2.05, 4.69) is 0 Å². The van der Waals surface area contributed by atoms with E-state index in [1.807, 2.05) is 0 Å². The third-order valence-corrected chi connectivity index (χ3v) is 2.47. The Hall–Kier alpha value is -0.810. The summed E-state index contributed by atoms with van der Waals surface area (Å²) in [6.07, 6.45) is -0.260. The predicted molar refractivity (Wildman–Crippen MR) is 40.7 cm³/mol. The number of carbonyl (C=O) groups excluding carboxylic acids is 1. The average Bonchev–Trinajstić information content (AvgIpc) is 2.46. The molecule has 2 aliphatic rings. The highest BCUT2D eigenvalue weighted by molar-refractivity contribution is 5.71. The molecule has 2 N–H and O–H groups in total. The monoisotopic (exact) mass is 172 g/mol. The van der Waals surface area contributed by atoms with Gasteiger partial charge in [-0.1, -0.05) is 0 Å². The van der Waals surface area contributed by atoms with Crippen LogP contribution in [0.15, 0.2) is 0 Å². The van der Waals surface area contributed by atoms with E-state index in [0.29, 0.717) is 32.9 Å². The summed E-state index contributed by atoms with van der Waals surface area (Å²) < 4.78 is 10.2. The van der Waals surface area contributed by atoms with E-state index < -0.39 is 0 Å². The fraction of sp³-hybridized carbons (Fsp3) is 0.857. The first-order valence-corrected chi connectivity index (χ1v) is 4.01. The smallest absolute Gasteiger partial charge is 0.410 e. The van der Waals surface area contributed by atoms with Gasteiger partial charge in [0.15, 0.2) is 0 Å². The molecule has 68 valence electrons. The first-order chi connectivity index (χ1) is 5.78. The summed E-state index contributed by atoms with van der Waals surface area (Å²) in [5, 5.41) is 0. The Balaban J connectivity index is 2.22. The van der Waals surface area contributed by atoms with Crippen molar-refractivity contribution in [2.24, 2.45) is 5.73 Å². The highest BCUT2D eigenvalue weighted by Crippen LogP contribution is 2.26. The van der Waals surface area contributed by atoms with Crippen LogP contribution >= 0.6 is 0 Å². The van der Waals surface area contributed by atoms with Crippen molar-refractivity contribution < 1.29 is 14.3 Å². The minimum absolute atomic E-state index is 0.260. The molecule has 0 unspecified atom stereocenters. The van der Waals surface area contributed by atoms with Crippen LogP contribution in [-0.2, 0) is 9.47 Å². The van der Waals surface area contributed by atoms with Gasteiger partial charge in [0.2, 0.25) is 0 Å². The molecule has 2 heterocycles. The molecule has 0 bridgehead atoms. The van der Waals surface area contributed by atoms with Crippen LogP contribution in [0, 0.1) is 0 Å². The Morgan fingerprint density at radius 2 is 2.42 bits per heavy atom. The van der Waals surface area contributed by atoms with Crippen molar-refractivity contribution in [2.45, 2.75) is 5.54 Å². The van der Waals surface area contributed by atoms with Crippen molar-refractivity contribution in [1.82, 2.24) is 4.90 Å². The van der Waals surface area contributed by atoms with E-state index in [9.17, 15) is 4.79 Å². The van der Waals surface area contributed by atoms with Gasteiger partial charge in [0.05, 0.1) is 13.2 Å². The maximum atomic E-state index is 11.2. The number of nitrogens with two attached hydrogens (primary N) is 1. The minimum atomic E-state index is -0.380. The topological polar surface area (TPSA) is 64.8 Å². The van der Waals surface area contributed by atoms with Gasteiger partial charge in [-0.3, -0.25) is 4.90 Å². The lowest BCUT2D eigenvalue weighted by Gasteiger charge is -2.37. The van der Waals surface area contributed by atoms with Gasteiger partial charge >= 0.3 is 6.09 Å². The molecule has 1 atom stereocenters. The van der Waals surface area contributed by atoms with Crippen molar-refractivity contribution in [2.75, 3.05) is 32.9 Å². The number of carbonyl (C=O) groups is 1. The fourth-order valence-corrected chi connectivity index (χ4v) is 1.64. The highest BCUT2D eigenvalue weighted by Gasteiger charge is 2.48. The molecule has 0 aromatic rings. The lowest BCUT2D eigenvalue weighted by molar-refractivity contribution is -0.0227. The molecular weight excluding hydrogens is 160 g/mol. The molecule has 0 aromatic heterocycles. The number of rotatable bonds is 1. The van der Waals surface area contributed by atoms with Crippen molar-refractivity contribution in [1.29, 1.82) is 0 Å². The van der Waals surface area contributed by atoms with Crippen LogP contribution in [-0.4, -0.2) is 49.4 Å². The van der Waals surface area contributed by atoms with E-state index in [-0.39, 0.29) is 11.6 Å². The Morgan fingerprint density at radius 3 is 3.08 bits per heavy atom. The summed E-state index contributed by atoms with van der Waals surface area (Å²) in [7, 11) is 0. The Labute approximate surface area is 70.4 Å². The molecule has 0 spiro atoms. The number of cyclic esters (lactones) is 1. The number of morpholine rings is 1. The third kappa shape index (κ3) is 0.899. The van der Waals surface area contributed by atoms with Gasteiger partial charge in [-0.05, 0) is 0 Å². The lowest BCUT2D eigenvalue weighted by atomic mass is 10.0. The van der Waals surface area contributed by atoms with Crippen LogP contribution in [0.4, 0.5) is 4.79 Å². The quantitative estimate of drug-likeness (QED) is 0.560. The second-order valence-corrected chi connectivity index (χ2v) is 3.19. The van der Waals surface area contributed by atoms with Gasteiger partial charge < -0.3 is 15.2 Å². The number of ether oxygens (including phenoxy) is 2. The highest BCUT2D eigenvalue weighted by atomic mass is 16.6. The maximum Gasteiger partial charge on any atom is 0.410 e. The summed E-state index contributed by atoms with van der Waals surface area (Å²) in [6, 6.07) is 0. The largest absolute Gasteiger partial charge is 0.447 e. The van der Waals surface area contributed by atoms with Crippen molar-refractivity contribution in [3.63, 3.8) is 0 Å². The van der Waals surface area contributed by atoms with Crippen LogP contribution in [0.5, 0.6) is 0 Å². The molecule has 12 heavy (non-hydrogen) atoms. The first kappa shape index (κ1) is 7.82. The predicted octanol–water partition coefficient (Wildman–Crippen LogP) is -0.834. The van der Waals surface area contributed by atoms with E-state index in [4.69, 9.17) is 15.2 Å². The third-order valence-electron chi connectivity index (χ3n) is 2.47. The Morgan fingerprint density at radius 1 is 1.58 bits per heavy atom. The average molecular weight is 172 g/mol. The summed E-state index contributed by atoms with van der Waals surface area (Å²) in [4.78, 5) is 12.8. The number of fused-ring (bicyclic) bond motifs is 1. The molecular formula is C7H12N2O3. The SMILES string of the molecule is NC[C@]12COCCN1C(=O)OC2. The Bertz CT molecular complexity index is 209. The second kappa shape index (κ2) is 2.60. The van der Waals surface area contributed by atoms with Crippen molar-refractivity contribution >= 4 is 6.09 Å². The van der Waals surface area contributed by atoms with E-state index in [0.717, 1.165) is 0 Å². The summed E-state index contributed by atoms with van der Waals surface area (Å²) in [5.74, 6) is 0. The number of hydrogen-bond acceptors (Lipinski definition) is 4. The van der Waals surface area contributed by atoms with Gasteiger partial charge in [0.25, 0.3) is 0 Å². The van der Waals surface area contributed by atoms with E-state index >= 15 is 0 Å². The van der Waals surface area contributed by atoms with Gasteiger partial charge in [0, 0.05) is 13.1 Å². The van der Waals surface area contributed by atoms with Gasteiger partial charge in [-0.25, -0.2) is 4.79 Å². The zero-order valence-corrected chi connectivity index (χ0v) is 6.78. The zero-order chi connectivity index (χ0) is 8.60. The number of nitrogens with zero attached hydrogens (tertiary/aromatic N) is 1. The summed E-state index contributed by atoms with van der Waals surface area (Å²) in [6.45, 7) is 2.43. The molecule has 2 aliphatic heterocycles. The molecule has 5 nitrogen and oxygen atoms in total. The molecule has 2 rings (SSSR count). The van der Waals surface area contributed by atoms with E-state index in [1.54, 1.807) is 4.90 Å². The maximum absolute atomic E-state index is 11.2. The molecule has 5 heteroatoms. The van der Waals surface area contributed by atoms with Crippen LogP contribution < -0.4 is 5.73 Å². The molecule has 0 saturated carbocycles. The van der Waals surface area contributed by atoms with Gasteiger partial charge in [-0.2, -0.15) is 0 Å². The van der Waals surface area contributed by atoms with Crippen molar-refractivity contribution in [3.8, 4) is 0 Å². The standard InChI is InChI=1S/C7H12N2O3/c8-3-7-4-11-2-1-9(7)6(10)12-5-7/h1-5,8H2/t7-/m1/s1. The normalized spacial score (nSPS) is 34.8. The molecule has 2 saturated heterocycles. The Kier molecular flexibility index (Phi) is 1.69. The molecule has 0 radical (unpaired) electrons. The first-order valence-electron chi connectivity index (χ1n) is 4.01. The summed E-state index contributed by atoms with van der Waals surface area (Å²) in [5.41, 5.74) is 5.21. The van der Waals surface area contributed by atoms with Crippen LogP contribution in [0.3, 0.4) is 0 Å². The number of hydrogen-bond donors (Lipinski definition) is 1. The van der Waals surface area contributed by atoms with Crippen LogP contribution in [0.25, 0.3) is 0 Å². The molecule has 0 aliphatic carbocycles. The van der Waals surface area contributed by atoms with Crippen LogP contribution in [0.2, 0.25) is 0 Å². The molecule has 1 amide bonds. The lowest BCUT2D eigenvalue weighted by Crippen LogP contribution is -2.59. The van der Waals surface area contributed by atoms with Gasteiger partial charge in [0.1, 0.15) is 12.1 Å². The zero-order valence-electron chi connectivity index (χ0n) is 6.78. The van der Waals surface area contributed by atoms with Crippen molar-refractivity contribution in [3.05, 3.63) is 0 Å². The van der Waals surface area contributed by atoms with Crippen LogP contribution in [0.1, 0.15) is 0 Å². The van der Waals surface area contributed by atoms with Gasteiger partial charge in [-0.15, -0.1) is 0 Å². The minimum Gasteiger partial charge on any atom is -0.447 e. The molecule has 2 fully saturated rings. The summed E-state index contributed by atoms with van der Waals surface area (Å²) >= 11 is 0. The molecule has 0 aromatic carbocycles. The van der Waals surface area contributed by atoms with E-state index in [1.165, 1.54) is 0 Å². The second-order valence-electron chi connectivity index (χ2n) is 3.19. The fourth-order valence-electron chi connectivity index (χ4n) is 1.64.